The number of anilines is 1. The number of nitrogens with zero attached hydrogens (tertiary/aromatic N) is 3. The van der Waals surface area contributed by atoms with Crippen molar-refractivity contribution in [2.45, 2.75) is 0 Å². The number of methoxy groups -OCH3 is 2. The number of hydrogen-bond donors (Lipinski definition) is 2. The Bertz CT molecular complexity index is 1350. The van der Waals surface area contributed by atoms with E-state index in [4.69, 9.17) is 14.5 Å². The number of fused-ring (bicyclic) bond motifs is 1. The van der Waals surface area contributed by atoms with Gasteiger partial charge in [-0.3, -0.25) is 9.59 Å². The van der Waals surface area contributed by atoms with Crippen LogP contribution in [0.2, 0.25) is 0 Å². The van der Waals surface area contributed by atoms with Crippen LogP contribution in [0.15, 0.2) is 48.7 Å². The zero-order valence-electron chi connectivity index (χ0n) is 19.1. The summed E-state index contributed by atoms with van der Waals surface area (Å²) >= 11 is 0. The average molecular weight is 447 g/mol. The molecule has 0 aliphatic carbocycles. The Kier molecular flexibility index (Phi) is 5.78. The fourth-order valence-electron chi connectivity index (χ4n) is 3.80. The maximum atomic E-state index is 12.6. The van der Waals surface area contributed by atoms with Crippen molar-refractivity contribution < 1.29 is 19.1 Å². The maximum Gasteiger partial charge on any atom is 0.256 e. The predicted octanol–water partition coefficient (Wildman–Crippen LogP) is 3.21. The molecule has 0 unspecified atom stereocenters. The molecule has 2 heterocycles. The first-order valence-electron chi connectivity index (χ1n) is 10.3. The molecule has 170 valence electrons. The number of amides is 2. The minimum atomic E-state index is -0.240. The molecule has 4 aromatic rings. The largest absolute Gasteiger partial charge is 0.497 e. The molecule has 2 amide bonds. The summed E-state index contributed by atoms with van der Waals surface area (Å²) < 4.78 is 14.4. The monoisotopic (exact) mass is 447 g/mol. The van der Waals surface area contributed by atoms with Crippen LogP contribution in [-0.2, 0) is 14.1 Å². The van der Waals surface area contributed by atoms with E-state index in [-0.39, 0.29) is 11.8 Å². The molecule has 0 aliphatic heterocycles. The second-order valence-electron chi connectivity index (χ2n) is 7.50. The molecule has 4 rings (SSSR count). The zero-order chi connectivity index (χ0) is 23.7. The molecule has 0 saturated heterocycles. The van der Waals surface area contributed by atoms with Crippen LogP contribution in [0.4, 0.5) is 5.69 Å². The molecular formula is C24H25N5O4. The van der Waals surface area contributed by atoms with E-state index in [2.05, 4.69) is 10.6 Å². The Hall–Kier alpha value is -4.27. The summed E-state index contributed by atoms with van der Waals surface area (Å²) in [5, 5.41) is 5.53. The third-order valence-electron chi connectivity index (χ3n) is 5.51. The van der Waals surface area contributed by atoms with E-state index in [1.165, 1.54) is 7.11 Å². The topological polar surface area (TPSA) is 99.4 Å². The van der Waals surface area contributed by atoms with Gasteiger partial charge in [0.2, 0.25) is 0 Å². The van der Waals surface area contributed by atoms with Gasteiger partial charge in [0, 0.05) is 38.6 Å². The van der Waals surface area contributed by atoms with Crippen LogP contribution < -0.4 is 20.1 Å². The van der Waals surface area contributed by atoms with Crippen LogP contribution in [-0.4, -0.2) is 47.2 Å². The Balaban J connectivity index is 1.70. The van der Waals surface area contributed by atoms with Crippen LogP contribution in [0, 0.1) is 0 Å². The molecule has 0 aliphatic rings. The van der Waals surface area contributed by atoms with Crippen LogP contribution in [0.1, 0.15) is 20.7 Å². The molecule has 0 saturated carbocycles. The van der Waals surface area contributed by atoms with Crippen molar-refractivity contribution in [2.75, 3.05) is 26.6 Å². The van der Waals surface area contributed by atoms with E-state index in [1.54, 1.807) is 44.6 Å². The van der Waals surface area contributed by atoms with Gasteiger partial charge in [-0.05, 0) is 42.5 Å². The Morgan fingerprint density at radius 2 is 1.70 bits per heavy atom. The number of aryl methyl sites for hydroxylation is 2. The van der Waals surface area contributed by atoms with Crippen LogP contribution >= 0.6 is 0 Å². The van der Waals surface area contributed by atoms with Crippen LogP contribution in [0.25, 0.3) is 22.6 Å². The van der Waals surface area contributed by atoms with Gasteiger partial charge in [0.15, 0.2) is 11.6 Å². The van der Waals surface area contributed by atoms with E-state index < -0.39 is 0 Å². The molecule has 9 nitrogen and oxygen atoms in total. The first kappa shape index (κ1) is 21.9. The lowest BCUT2D eigenvalue weighted by Gasteiger charge is -2.08. The van der Waals surface area contributed by atoms with Gasteiger partial charge in [0.25, 0.3) is 11.8 Å². The predicted molar refractivity (Wildman–Crippen MR) is 126 cm³/mol. The number of benzene rings is 2. The molecule has 33 heavy (non-hydrogen) atoms. The van der Waals surface area contributed by atoms with E-state index in [1.807, 2.05) is 41.4 Å². The van der Waals surface area contributed by atoms with Gasteiger partial charge in [-0.2, -0.15) is 0 Å². The Labute approximate surface area is 190 Å². The van der Waals surface area contributed by atoms with E-state index in [9.17, 15) is 9.59 Å². The lowest BCUT2D eigenvalue weighted by molar-refractivity contribution is 0.0959. The quantitative estimate of drug-likeness (QED) is 0.473. The van der Waals surface area contributed by atoms with Gasteiger partial charge in [-0.15, -0.1) is 0 Å². The first-order chi connectivity index (χ1) is 15.9. The molecule has 0 bridgehead atoms. The number of hydrogen-bond acceptors (Lipinski definition) is 5. The van der Waals surface area contributed by atoms with Crippen LogP contribution in [0.5, 0.6) is 11.5 Å². The van der Waals surface area contributed by atoms with Crippen molar-refractivity contribution in [3.8, 4) is 23.0 Å². The molecule has 9 heteroatoms. The molecule has 0 spiro atoms. The highest BCUT2D eigenvalue weighted by Gasteiger charge is 2.24. The summed E-state index contributed by atoms with van der Waals surface area (Å²) in [4.78, 5) is 29.7. The number of carbonyl (C=O) groups excluding carboxylic acids is 2. The van der Waals surface area contributed by atoms with Crippen molar-refractivity contribution >= 4 is 28.5 Å². The van der Waals surface area contributed by atoms with E-state index >= 15 is 0 Å². The van der Waals surface area contributed by atoms with Crippen LogP contribution in [0.3, 0.4) is 0 Å². The van der Waals surface area contributed by atoms with Crippen molar-refractivity contribution in [2.24, 2.45) is 14.1 Å². The van der Waals surface area contributed by atoms with Crippen molar-refractivity contribution in [1.29, 1.82) is 0 Å². The molecule has 2 aromatic carbocycles. The van der Waals surface area contributed by atoms with E-state index in [0.29, 0.717) is 45.3 Å². The third-order valence-corrected chi connectivity index (χ3v) is 5.51. The lowest BCUT2D eigenvalue weighted by atomic mass is 10.2. The highest BCUT2D eigenvalue weighted by atomic mass is 16.5. The number of rotatable bonds is 6. The third kappa shape index (κ3) is 3.89. The summed E-state index contributed by atoms with van der Waals surface area (Å²) in [6, 6.07) is 12.4. The molecule has 2 N–H and O–H groups in total. The van der Waals surface area contributed by atoms with Crippen molar-refractivity contribution in [1.82, 2.24) is 19.4 Å². The standard InChI is InChI=1S/C24H25N5O4/c1-25-24(31)17-13-28(2)20(21(17)33-5)22-27-18-12-15(8-11-19(18)29(22)3)26-23(30)14-6-9-16(32-4)10-7-14/h6-13H,1-5H3,(H,25,31)(H,26,30). The molecule has 0 fully saturated rings. The summed E-state index contributed by atoms with van der Waals surface area (Å²) in [6.07, 6.45) is 1.72. The minimum Gasteiger partial charge on any atom is -0.497 e. The maximum absolute atomic E-state index is 12.6. The normalized spacial score (nSPS) is 10.8. The van der Waals surface area contributed by atoms with Crippen molar-refractivity contribution in [3.05, 3.63) is 59.8 Å². The van der Waals surface area contributed by atoms with Crippen molar-refractivity contribution in [3.63, 3.8) is 0 Å². The number of carbonyl (C=O) groups is 2. The Morgan fingerprint density at radius 1 is 0.970 bits per heavy atom. The number of ether oxygens (including phenoxy) is 2. The molecular weight excluding hydrogens is 422 g/mol. The zero-order valence-corrected chi connectivity index (χ0v) is 19.1. The number of imidazole rings is 1. The van der Waals surface area contributed by atoms with Gasteiger partial charge in [-0.25, -0.2) is 4.98 Å². The molecule has 2 aromatic heterocycles. The fourth-order valence-corrected chi connectivity index (χ4v) is 3.80. The second-order valence-corrected chi connectivity index (χ2v) is 7.50. The average Bonchev–Trinajstić information content (AvgIpc) is 3.33. The summed E-state index contributed by atoms with van der Waals surface area (Å²) in [6.45, 7) is 0. The number of nitrogens with one attached hydrogen (secondary N) is 2. The van der Waals surface area contributed by atoms with Gasteiger partial charge in [0.1, 0.15) is 11.4 Å². The smallest absolute Gasteiger partial charge is 0.256 e. The first-order valence-corrected chi connectivity index (χ1v) is 10.3. The summed E-state index contributed by atoms with van der Waals surface area (Å²) in [5.41, 5.74) is 3.82. The van der Waals surface area contributed by atoms with Gasteiger partial charge >= 0.3 is 0 Å². The summed E-state index contributed by atoms with van der Waals surface area (Å²) in [7, 11) is 8.41. The summed E-state index contributed by atoms with van der Waals surface area (Å²) in [5.74, 6) is 1.30. The second kappa shape index (κ2) is 8.70. The molecule has 0 radical (unpaired) electrons. The van der Waals surface area contributed by atoms with Gasteiger partial charge < -0.3 is 29.2 Å². The Morgan fingerprint density at radius 3 is 2.33 bits per heavy atom. The number of aromatic nitrogens is 3. The molecule has 0 atom stereocenters. The highest BCUT2D eigenvalue weighted by Crippen LogP contribution is 2.35. The van der Waals surface area contributed by atoms with Gasteiger partial charge in [0.05, 0.1) is 30.8 Å². The van der Waals surface area contributed by atoms with Gasteiger partial charge in [-0.1, -0.05) is 0 Å². The minimum absolute atomic E-state index is 0.229. The highest BCUT2D eigenvalue weighted by molar-refractivity contribution is 6.05. The van der Waals surface area contributed by atoms with E-state index in [0.717, 1.165) is 5.52 Å². The SMILES string of the molecule is CNC(=O)c1cn(C)c(-c2nc3cc(NC(=O)c4ccc(OC)cc4)ccc3n2C)c1OC. The lowest BCUT2D eigenvalue weighted by Crippen LogP contribution is -2.17. The fraction of sp³-hybridized carbons (Fsp3) is 0.208.